The molecule has 0 N–H and O–H groups in total. The lowest BCUT2D eigenvalue weighted by molar-refractivity contribution is -0.137. The molecule has 2 aliphatic carbocycles. The SMILES string of the molecule is O=C1[C@@H]2[C@H](C(=O)N1c1cccc(C(F)(F)F)c1)[C@@H]1C=C[C@H]2C1=C(c1ccccc1)c1ccccc1. The molecular formula is C29H20F3NO2. The van der Waals surface area contributed by atoms with Crippen molar-refractivity contribution < 1.29 is 22.8 Å². The Morgan fingerprint density at radius 2 is 1.20 bits per heavy atom. The van der Waals surface area contributed by atoms with Crippen molar-refractivity contribution in [3.8, 4) is 0 Å². The number of hydrogen-bond acceptors (Lipinski definition) is 2. The minimum atomic E-state index is -4.56. The number of rotatable bonds is 3. The van der Waals surface area contributed by atoms with Crippen LogP contribution in [0.1, 0.15) is 16.7 Å². The van der Waals surface area contributed by atoms with Crippen LogP contribution in [-0.4, -0.2) is 11.8 Å². The van der Waals surface area contributed by atoms with Crippen molar-refractivity contribution >= 4 is 23.1 Å². The van der Waals surface area contributed by atoms with E-state index in [1.165, 1.54) is 12.1 Å². The third-order valence-electron chi connectivity index (χ3n) is 7.26. The molecule has 1 aliphatic heterocycles. The Hall–Kier alpha value is -3.93. The zero-order chi connectivity index (χ0) is 24.3. The molecule has 4 atom stereocenters. The number of allylic oxidation sites excluding steroid dienone is 3. The molecule has 1 saturated heterocycles. The van der Waals surface area contributed by atoms with Gasteiger partial charge in [0.15, 0.2) is 0 Å². The lowest BCUT2D eigenvalue weighted by atomic mass is 9.85. The summed E-state index contributed by atoms with van der Waals surface area (Å²) in [6.07, 6.45) is -0.601. The summed E-state index contributed by atoms with van der Waals surface area (Å²) < 4.78 is 39.8. The molecule has 174 valence electrons. The predicted octanol–water partition coefficient (Wildman–Crippen LogP) is 6.13. The number of anilines is 1. The molecule has 3 aromatic rings. The number of nitrogens with zero attached hydrogens (tertiary/aromatic N) is 1. The van der Waals surface area contributed by atoms with Gasteiger partial charge < -0.3 is 0 Å². The summed E-state index contributed by atoms with van der Waals surface area (Å²) in [6, 6.07) is 24.2. The molecule has 3 nitrogen and oxygen atoms in total. The van der Waals surface area contributed by atoms with E-state index >= 15 is 0 Å². The highest BCUT2D eigenvalue weighted by atomic mass is 19.4. The van der Waals surface area contributed by atoms with Gasteiger partial charge in [0.25, 0.3) is 0 Å². The molecule has 6 rings (SSSR count). The summed E-state index contributed by atoms with van der Waals surface area (Å²) in [5.41, 5.74) is 3.13. The second-order valence-corrected chi connectivity index (χ2v) is 9.11. The zero-order valence-corrected chi connectivity index (χ0v) is 18.4. The van der Waals surface area contributed by atoms with E-state index in [0.29, 0.717) is 0 Å². The largest absolute Gasteiger partial charge is 0.416 e. The maximum atomic E-state index is 13.6. The van der Waals surface area contributed by atoms with Crippen molar-refractivity contribution in [2.75, 3.05) is 4.90 Å². The molecule has 2 fully saturated rings. The fraction of sp³-hybridized carbons (Fsp3) is 0.172. The highest BCUT2D eigenvalue weighted by Crippen LogP contribution is 2.59. The molecule has 1 saturated carbocycles. The van der Waals surface area contributed by atoms with Gasteiger partial charge in [-0.1, -0.05) is 78.9 Å². The standard InChI is InChI=1S/C29H20F3NO2/c30-29(31,32)19-12-7-13-20(16-19)33-27(34)25-21-14-15-22(26(25)28(33)35)24(21)23(17-8-3-1-4-9-17)18-10-5-2-6-11-18/h1-16,21-22,25-26H/t21-,22+,25-,26+. The zero-order valence-electron chi connectivity index (χ0n) is 18.4. The van der Waals surface area contributed by atoms with E-state index in [9.17, 15) is 22.8 Å². The Balaban J connectivity index is 1.45. The van der Waals surface area contributed by atoms with Crippen molar-refractivity contribution in [2.24, 2.45) is 23.7 Å². The van der Waals surface area contributed by atoms with Crippen LogP contribution in [0.5, 0.6) is 0 Å². The maximum absolute atomic E-state index is 13.6. The average molecular weight is 471 g/mol. The first-order valence-corrected chi connectivity index (χ1v) is 11.4. The summed E-state index contributed by atoms with van der Waals surface area (Å²) in [6.45, 7) is 0. The number of halogens is 3. The van der Waals surface area contributed by atoms with Gasteiger partial charge in [0.2, 0.25) is 11.8 Å². The highest BCUT2D eigenvalue weighted by Gasteiger charge is 2.62. The number of benzene rings is 3. The van der Waals surface area contributed by atoms with Gasteiger partial charge in [0.1, 0.15) is 0 Å². The van der Waals surface area contributed by atoms with Crippen LogP contribution in [0, 0.1) is 23.7 Å². The number of carbonyl (C=O) groups is 2. The second kappa shape index (κ2) is 7.80. The monoisotopic (exact) mass is 471 g/mol. The number of alkyl halides is 3. The minimum absolute atomic E-state index is 0.0273. The molecular weight excluding hydrogens is 451 g/mol. The van der Waals surface area contributed by atoms with Crippen molar-refractivity contribution in [1.29, 1.82) is 0 Å². The van der Waals surface area contributed by atoms with Crippen LogP contribution in [0.2, 0.25) is 0 Å². The van der Waals surface area contributed by atoms with Crippen LogP contribution in [0.15, 0.2) is 103 Å². The van der Waals surface area contributed by atoms with Crippen LogP contribution >= 0.6 is 0 Å². The number of carbonyl (C=O) groups excluding carboxylic acids is 2. The maximum Gasteiger partial charge on any atom is 0.416 e. The fourth-order valence-corrected chi connectivity index (χ4v) is 5.88. The molecule has 0 spiro atoms. The van der Waals surface area contributed by atoms with E-state index in [-0.39, 0.29) is 17.5 Å². The summed E-state index contributed by atoms with van der Waals surface area (Å²) in [4.78, 5) is 28.1. The first kappa shape index (κ1) is 21.6. The Morgan fingerprint density at radius 3 is 1.69 bits per heavy atom. The second-order valence-electron chi connectivity index (χ2n) is 9.11. The predicted molar refractivity (Wildman–Crippen MR) is 126 cm³/mol. The van der Waals surface area contributed by atoms with Crippen molar-refractivity contribution in [1.82, 2.24) is 0 Å². The summed E-state index contributed by atoms with van der Waals surface area (Å²) >= 11 is 0. The van der Waals surface area contributed by atoms with Crippen molar-refractivity contribution in [3.05, 3.63) is 119 Å². The number of imide groups is 1. The Labute approximate surface area is 200 Å². The van der Waals surface area contributed by atoms with Crippen LogP contribution in [-0.2, 0) is 15.8 Å². The number of hydrogen-bond donors (Lipinski definition) is 0. The smallest absolute Gasteiger partial charge is 0.274 e. The average Bonchev–Trinajstić information content (AvgIpc) is 3.49. The number of amides is 2. The minimum Gasteiger partial charge on any atom is -0.274 e. The Bertz CT molecular complexity index is 1320. The van der Waals surface area contributed by atoms with Gasteiger partial charge >= 0.3 is 6.18 Å². The fourth-order valence-electron chi connectivity index (χ4n) is 5.88. The van der Waals surface area contributed by atoms with Crippen LogP contribution in [0.25, 0.3) is 5.57 Å². The molecule has 3 aliphatic rings. The van der Waals surface area contributed by atoms with Gasteiger partial charge in [-0.3, -0.25) is 9.59 Å². The van der Waals surface area contributed by atoms with Gasteiger partial charge in [-0.05, 0) is 40.5 Å². The first-order valence-electron chi connectivity index (χ1n) is 11.4. The lowest BCUT2D eigenvalue weighted by Gasteiger charge is -2.22. The Morgan fingerprint density at radius 1 is 0.686 bits per heavy atom. The van der Waals surface area contributed by atoms with Crippen LogP contribution < -0.4 is 4.90 Å². The van der Waals surface area contributed by atoms with Crippen LogP contribution in [0.4, 0.5) is 18.9 Å². The quantitative estimate of drug-likeness (QED) is 0.341. The summed E-state index contributed by atoms with van der Waals surface area (Å²) in [5.74, 6) is -2.68. The first-order chi connectivity index (χ1) is 16.9. The van der Waals surface area contributed by atoms with E-state index in [4.69, 9.17) is 0 Å². The van der Waals surface area contributed by atoms with Gasteiger partial charge in [-0.25, -0.2) is 4.90 Å². The molecule has 0 radical (unpaired) electrons. The topological polar surface area (TPSA) is 37.4 Å². The van der Waals surface area contributed by atoms with E-state index in [1.54, 1.807) is 0 Å². The number of fused-ring (bicyclic) bond motifs is 5. The summed E-state index contributed by atoms with van der Waals surface area (Å²) in [5, 5.41) is 0. The summed E-state index contributed by atoms with van der Waals surface area (Å²) in [7, 11) is 0. The van der Waals surface area contributed by atoms with Gasteiger partial charge in [-0.15, -0.1) is 0 Å². The van der Waals surface area contributed by atoms with E-state index in [2.05, 4.69) is 0 Å². The molecule has 6 heteroatoms. The third-order valence-corrected chi connectivity index (χ3v) is 7.26. The Kier molecular flexibility index (Phi) is 4.81. The van der Waals surface area contributed by atoms with Crippen LogP contribution in [0.3, 0.4) is 0 Å². The lowest BCUT2D eigenvalue weighted by Crippen LogP contribution is -2.33. The van der Waals surface area contributed by atoms with Gasteiger partial charge in [0.05, 0.1) is 23.1 Å². The molecule has 0 unspecified atom stereocenters. The molecule has 0 aromatic heterocycles. The van der Waals surface area contributed by atoms with Gasteiger partial charge in [0, 0.05) is 11.8 Å². The molecule has 1 heterocycles. The molecule has 2 bridgehead atoms. The van der Waals surface area contributed by atoms with E-state index < -0.39 is 35.4 Å². The third kappa shape index (κ3) is 3.27. The molecule has 3 aromatic carbocycles. The van der Waals surface area contributed by atoms with E-state index in [1.807, 2.05) is 72.8 Å². The highest BCUT2D eigenvalue weighted by molar-refractivity contribution is 6.23. The molecule has 2 amide bonds. The normalized spacial score (nSPS) is 24.9. The van der Waals surface area contributed by atoms with E-state index in [0.717, 1.165) is 39.3 Å². The van der Waals surface area contributed by atoms with Crippen molar-refractivity contribution in [2.45, 2.75) is 6.18 Å². The molecule has 35 heavy (non-hydrogen) atoms. The van der Waals surface area contributed by atoms with Gasteiger partial charge in [-0.2, -0.15) is 13.2 Å². The van der Waals surface area contributed by atoms with Crippen molar-refractivity contribution in [3.63, 3.8) is 0 Å².